The van der Waals surface area contributed by atoms with Crippen molar-refractivity contribution in [2.75, 3.05) is 35.0 Å². The molecule has 172 valence electrons. The molecule has 0 aliphatic heterocycles. The Kier molecular flexibility index (Phi) is 7.24. The van der Waals surface area contributed by atoms with Gasteiger partial charge >= 0.3 is 7.82 Å². The molecule has 2 aromatic carbocycles. The van der Waals surface area contributed by atoms with Crippen LogP contribution in [-0.2, 0) is 9.09 Å². The van der Waals surface area contributed by atoms with Crippen LogP contribution >= 0.6 is 7.82 Å². The topological polar surface area (TPSA) is 123 Å². The first kappa shape index (κ1) is 23.4. The van der Waals surface area contributed by atoms with E-state index in [2.05, 4.69) is 10.3 Å². The summed E-state index contributed by atoms with van der Waals surface area (Å²) < 4.78 is 45.4. The summed E-state index contributed by atoms with van der Waals surface area (Å²) in [4.78, 5) is 10.0. The minimum absolute atomic E-state index is 0.00198. The number of ether oxygens (including phenoxy) is 4. The third-order valence-electron chi connectivity index (χ3n) is 4.41. The first-order valence-corrected chi connectivity index (χ1v) is 10.9. The quantitative estimate of drug-likeness (QED) is 0.445. The van der Waals surface area contributed by atoms with Crippen molar-refractivity contribution in [1.82, 2.24) is 15.0 Å². The van der Waals surface area contributed by atoms with Gasteiger partial charge in [-0.1, -0.05) is 5.21 Å². The van der Waals surface area contributed by atoms with Crippen LogP contribution in [0.15, 0.2) is 36.5 Å². The maximum absolute atomic E-state index is 12.3. The molecule has 3 aromatic rings. The molecule has 11 nitrogen and oxygen atoms in total. The number of phosphoric acid groups is 1. The van der Waals surface area contributed by atoms with Crippen LogP contribution in [0.4, 0.5) is 0 Å². The molecule has 32 heavy (non-hydrogen) atoms. The van der Waals surface area contributed by atoms with Crippen molar-refractivity contribution >= 4 is 7.82 Å². The van der Waals surface area contributed by atoms with Crippen molar-refractivity contribution in [1.29, 1.82) is 0 Å². The second kappa shape index (κ2) is 9.90. The van der Waals surface area contributed by atoms with E-state index in [0.717, 1.165) is 0 Å². The fraction of sp³-hybridized carbons (Fsp3) is 0.300. The van der Waals surface area contributed by atoms with E-state index in [1.807, 2.05) is 0 Å². The van der Waals surface area contributed by atoms with E-state index in [0.29, 0.717) is 39.9 Å². The van der Waals surface area contributed by atoms with Crippen molar-refractivity contribution in [3.8, 4) is 45.7 Å². The van der Waals surface area contributed by atoms with Gasteiger partial charge in [-0.05, 0) is 19.1 Å². The molecular weight excluding hydrogens is 441 g/mol. The summed E-state index contributed by atoms with van der Waals surface area (Å²) in [6.45, 7) is 1.58. The van der Waals surface area contributed by atoms with Crippen molar-refractivity contribution in [3.05, 3.63) is 36.5 Å². The lowest BCUT2D eigenvalue weighted by Crippen LogP contribution is -2.04. The van der Waals surface area contributed by atoms with Crippen molar-refractivity contribution in [2.24, 2.45) is 0 Å². The van der Waals surface area contributed by atoms with Gasteiger partial charge in [-0.3, -0.25) is 9.42 Å². The Morgan fingerprint density at radius 3 is 2.22 bits per heavy atom. The molecule has 0 saturated carbocycles. The van der Waals surface area contributed by atoms with E-state index in [1.165, 1.54) is 45.4 Å². The zero-order valence-electron chi connectivity index (χ0n) is 18.3. The smallest absolute Gasteiger partial charge is 0.497 e. The fourth-order valence-corrected chi connectivity index (χ4v) is 3.81. The molecule has 0 aliphatic carbocycles. The lowest BCUT2D eigenvalue weighted by Gasteiger charge is -2.17. The van der Waals surface area contributed by atoms with Gasteiger partial charge in [-0.2, -0.15) is 0 Å². The maximum Gasteiger partial charge on any atom is 0.527 e. The van der Waals surface area contributed by atoms with Gasteiger partial charge in [0.15, 0.2) is 11.5 Å². The molecule has 0 saturated heterocycles. The molecule has 1 heterocycles. The second-order valence-electron chi connectivity index (χ2n) is 6.25. The third kappa shape index (κ3) is 4.80. The van der Waals surface area contributed by atoms with Gasteiger partial charge in [0.1, 0.15) is 11.5 Å². The van der Waals surface area contributed by atoms with Crippen LogP contribution in [0, 0.1) is 0 Å². The van der Waals surface area contributed by atoms with Crippen LogP contribution in [0.1, 0.15) is 6.92 Å². The van der Waals surface area contributed by atoms with E-state index in [9.17, 15) is 9.46 Å². The van der Waals surface area contributed by atoms with Gasteiger partial charge < -0.3 is 23.5 Å². The average Bonchev–Trinajstić information content (AvgIpc) is 3.27. The zero-order chi connectivity index (χ0) is 23.3. The highest BCUT2D eigenvalue weighted by molar-refractivity contribution is 7.47. The number of benzene rings is 2. The largest absolute Gasteiger partial charge is 0.527 e. The lowest BCUT2D eigenvalue weighted by molar-refractivity contribution is 0.213. The van der Waals surface area contributed by atoms with Crippen LogP contribution in [0.2, 0.25) is 0 Å². The molecule has 0 radical (unpaired) electrons. The van der Waals surface area contributed by atoms with E-state index in [1.54, 1.807) is 31.2 Å². The van der Waals surface area contributed by atoms with Crippen LogP contribution in [0.5, 0.6) is 28.7 Å². The van der Waals surface area contributed by atoms with Crippen molar-refractivity contribution < 1.29 is 37.5 Å². The van der Waals surface area contributed by atoms with Crippen molar-refractivity contribution in [2.45, 2.75) is 6.92 Å². The van der Waals surface area contributed by atoms with Gasteiger partial charge in [0.2, 0.25) is 5.75 Å². The second-order valence-corrected chi connectivity index (χ2v) is 7.63. The predicted molar refractivity (Wildman–Crippen MR) is 115 cm³/mol. The standard InChI is InChI=1S/C20H24N3O8P/c1-6-30-32(24,25)31-17-11-14(26-2)7-8-15(17)16-12-21-22-23(16)13-9-18(27-3)20(29-5)19(10-13)28-4/h7-12H,6H2,1-5H3,(H,24,25). The third-order valence-corrected chi connectivity index (χ3v) is 5.43. The average molecular weight is 465 g/mol. The van der Waals surface area contributed by atoms with E-state index >= 15 is 0 Å². The highest BCUT2D eigenvalue weighted by Gasteiger charge is 2.26. The Hall–Kier alpha value is -3.27. The van der Waals surface area contributed by atoms with Crippen LogP contribution in [-0.4, -0.2) is 54.9 Å². The highest BCUT2D eigenvalue weighted by Crippen LogP contribution is 2.48. The number of aromatic nitrogens is 3. The molecule has 0 amide bonds. The number of rotatable bonds is 10. The number of nitrogens with zero attached hydrogens (tertiary/aromatic N) is 3. The molecule has 0 fully saturated rings. The van der Waals surface area contributed by atoms with E-state index in [4.69, 9.17) is 28.0 Å². The Balaban J connectivity index is 2.16. The summed E-state index contributed by atoms with van der Waals surface area (Å²) >= 11 is 0. The van der Waals surface area contributed by atoms with Gasteiger partial charge in [-0.15, -0.1) is 5.10 Å². The first-order valence-electron chi connectivity index (χ1n) is 9.43. The number of hydrogen-bond acceptors (Lipinski definition) is 9. The van der Waals surface area contributed by atoms with Gasteiger partial charge in [-0.25, -0.2) is 9.25 Å². The SMILES string of the molecule is CCOP(=O)(O)Oc1cc(OC)ccc1-c1cnnn1-c1cc(OC)c(OC)c(OC)c1. The van der Waals surface area contributed by atoms with Gasteiger partial charge in [0, 0.05) is 23.8 Å². The molecule has 0 bridgehead atoms. The number of methoxy groups -OCH3 is 4. The molecule has 0 spiro atoms. The molecule has 1 atom stereocenters. The summed E-state index contributed by atoms with van der Waals surface area (Å²) in [5.41, 5.74) is 1.44. The normalized spacial score (nSPS) is 12.7. The summed E-state index contributed by atoms with van der Waals surface area (Å²) in [7, 11) is 1.63. The van der Waals surface area contributed by atoms with Crippen molar-refractivity contribution in [3.63, 3.8) is 0 Å². The predicted octanol–water partition coefficient (Wildman–Crippen LogP) is 3.48. The molecule has 0 aliphatic rings. The number of hydrogen-bond donors (Lipinski definition) is 1. The maximum atomic E-state index is 12.3. The first-order chi connectivity index (χ1) is 15.4. The molecule has 1 aromatic heterocycles. The minimum atomic E-state index is -4.36. The lowest BCUT2D eigenvalue weighted by atomic mass is 10.1. The Bertz CT molecular complexity index is 1110. The molecule has 1 unspecified atom stereocenters. The van der Waals surface area contributed by atoms with Crippen LogP contribution < -0.4 is 23.5 Å². The fourth-order valence-electron chi connectivity index (χ4n) is 3.03. The van der Waals surface area contributed by atoms with Crippen LogP contribution in [0.25, 0.3) is 16.9 Å². The molecule has 1 N–H and O–H groups in total. The minimum Gasteiger partial charge on any atom is -0.497 e. The summed E-state index contributed by atoms with van der Waals surface area (Å²) in [6.07, 6.45) is 1.49. The molecule has 3 rings (SSSR count). The van der Waals surface area contributed by atoms with E-state index < -0.39 is 7.82 Å². The van der Waals surface area contributed by atoms with Crippen LogP contribution in [0.3, 0.4) is 0 Å². The molecule has 12 heteroatoms. The Morgan fingerprint density at radius 2 is 1.66 bits per heavy atom. The monoisotopic (exact) mass is 465 g/mol. The van der Waals surface area contributed by atoms with E-state index in [-0.39, 0.29) is 12.4 Å². The number of phosphoric ester groups is 1. The molecular formula is C20H24N3O8P. The highest BCUT2D eigenvalue weighted by atomic mass is 31.2. The summed E-state index contributed by atoms with van der Waals surface area (Å²) in [5.74, 6) is 1.75. The van der Waals surface area contributed by atoms with Gasteiger partial charge in [0.05, 0.1) is 52.6 Å². The Morgan fingerprint density at radius 1 is 0.969 bits per heavy atom. The summed E-state index contributed by atoms with van der Waals surface area (Å²) in [5, 5.41) is 8.15. The summed E-state index contributed by atoms with van der Waals surface area (Å²) in [6, 6.07) is 8.20. The zero-order valence-corrected chi connectivity index (χ0v) is 19.2. The van der Waals surface area contributed by atoms with Gasteiger partial charge in [0.25, 0.3) is 0 Å². The Labute approximate surface area is 185 Å².